The van der Waals surface area contributed by atoms with Crippen molar-refractivity contribution in [3.05, 3.63) is 24.3 Å². The average molecular weight is 673 g/mol. The number of rotatable bonds is 33. The van der Waals surface area contributed by atoms with Gasteiger partial charge in [0, 0.05) is 25.7 Å². The van der Waals surface area contributed by atoms with Gasteiger partial charge in [-0.15, -0.1) is 0 Å². The topological polar surface area (TPSA) is 18.5 Å². The van der Waals surface area contributed by atoms with Crippen LogP contribution in [-0.2, 0) is 9.47 Å². The van der Waals surface area contributed by atoms with Crippen molar-refractivity contribution in [2.24, 2.45) is 0 Å². The number of hydrogen-bond donors (Lipinski definition) is 0. The molecule has 1 aliphatic carbocycles. The molecule has 0 amide bonds. The summed E-state index contributed by atoms with van der Waals surface area (Å²) in [7, 11) is 7.00. The quantitative estimate of drug-likeness (QED) is 0.0392. The van der Waals surface area contributed by atoms with E-state index in [2.05, 4.69) is 59.3 Å². The number of nitrogens with zero attached hydrogens (tertiary/aromatic N) is 1. The molecule has 2 atom stereocenters. The van der Waals surface area contributed by atoms with Gasteiger partial charge in [0.05, 0.1) is 39.4 Å². The minimum Gasteiger partial charge on any atom is -0.344 e. The van der Waals surface area contributed by atoms with E-state index in [1.807, 2.05) is 0 Å². The van der Waals surface area contributed by atoms with Gasteiger partial charge in [-0.2, -0.15) is 0 Å². The summed E-state index contributed by atoms with van der Waals surface area (Å²) in [5.41, 5.74) is 0. The summed E-state index contributed by atoms with van der Waals surface area (Å²) in [6.07, 6.45) is 53.0. The summed E-state index contributed by atoms with van der Waals surface area (Å²) < 4.78 is 14.8. The number of unbranched alkanes of at least 4 members (excludes halogenated alkanes) is 24. The SMILES string of the molecule is CCCCC/C=C\C/C=C\CCCCCCCCC1(CCCCCCCCCCCCCCCCCC)OC2CC([N+](C)(C)C)CC2O1. The highest BCUT2D eigenvalue weighted by Gasteiger charge is 2.53. The van der Waals surface area contributed by atoms with Crippen LogP contribution in [-0.4, -0.2) is 49.7 Å². The Hall–Kier alpha value is -0.640. The molecule has 2 aliphatic rings. The third kappa shape index (κ3) is 20.9. The lowest BCUT2D eigenvalue weighted by Gasteiger charge is -2.34. The zero-order valence-electron chi connectivity index (χ0n) is 33.4. The Morgan fingerprint density at radius 2 is 0.792 bits per heavy atom. The molecule has 282 valence electrons. The highest BCUT2D eigenvalue weighted by molar-refractivity contribution is 4.95. The smallest absolute Gasteiger partial charge is 0.169 e. The first kappa shape index (κ1) is 43.5. The Kier molecular flexibility index (Phi) is 25.4. The molecule has 1 saturated carbocycles. The molecule has 48 heavy (non-hydrogen) atoms. The van der Waals surface area contributed by atoms with Crippen molar-refractivity contribution in [2.45, 2.75) is 243 Å². The van der Waals surface area contributed by atoms with Gasteiger partial charge in [-0.3, -0.25) is 0 Å². The summed E-state index contributed by atoms with van der Waals surface area (Å²) in [6.45, 7) is 4.58. The Bertz CT molecular complexity index is 768. The van der Waals surface area contributed by atoms with Crippen molar-refractivity contribution in [3.63, 3.8) is 0 Å². The zero-order chi connectivity index (χ0) is 34.6. The van der Waals surface area contributed by atoms with Crippen molar-refractivity contribution in [1.29, 1.82) is 0 Å². The molecular weight excluding hydrogens is 587 g/mol. The number of allylic oxidation sites excluding steroid dienone is 4. The summed E-state index contributed by atoms with van der Waals surface area (Å²) in [5, 5.41) is 0. The fourth-order valence-corrected chi connectivity index (χ4v) is 8.08. The van der Waals surface area contributed by atoms with E-state index < -0.39 is 0 Å². The molecule has 0 bridgehead atoms. The van der Waals surface area contributed by atoms with E-state index in [0.29, 0.717) is 18.2 Å². The number of hydrogen-bond acceptors (Lipinski definition) is 2. The Balaban J connectivity index is 1.55. The average Bonchev–Trinajstić information content (AvgIpc) is 3.61. The fourth-order valence-electron chi connectivity index (χ4n) is 8.08. The van der Waals surface area contributed by atoms with Gasteiger partial charge in [0.15, 0.2) is 5.79 Å². The molecule has 2 unspecified atom stereocenters. The predicted octanol–water partition coefficient (Wildman–Crippen LogP) is 14.2. The maximum atomic E-state index is 6.90. The van der Waals surface area contributed by atoms with E-state index in [0.717, 1.165) is 23.7 Å². The molecule has 0 aromatic rings. The highest BCUT2D eigenvalue weighted by Crippen LogP contribution is 2.45. The van der Waals surface area contributed by atoms with Crippen molar-refractivity contribution in [3.8, 4) is 0 Å². The van der Waals surface area contributed by atoms with Crippen LogP contribution in [0.2, 0.25) is 0 Å². The lowest BCUT2D eigenvalue weighted by Crippen LogP contribution is -2.45. The van der Waals surface area contributed by atoms with E-state index in [1.54, 1.807) is 0 Å². The van der Waals surface area contributed by atoms with E-state index in [1.165, 1.54) is 186 Å². The van der Waals surface area contributed by atoms with Gasteiger partial charge in [0.25, 0.3) is 0 Å². The first-order chi connectivity index (χ1) is 23.4. The number of ether oxygens (including phenoxy) is 2. The lowest BCUT2D eigenvalue weighted by molar-refractivity contribution is -0.895. The van der Waals surface area contributed by atoms with E-state index in [9.17, 15) is 0 Å². The zero-order valence-corrected chi connectivity index (χ0v) is 33.4. The number of fused-ring (bicyclic) bond motifs is 1. The van der Waals surface area contributed by atoms with E-state index in [-0.39, 0.29) is 5.79 Å². The molecule has 3 nitrogen and oxygen atoms in total. The van der Waals surface area contributed by atoms with Gasteiger partial charge in [-0.1, -0.05) is 173 Å². The standard InChI is InChI=1S/C45H86NO2/c1-6-8-10-12-14-16-18-20-22-24-26-28-30-32-34-36-38-45(47-43-40-42(46(3,4)5)41-44(43)48-45)39-37-35-33-31-29-27-25-23-21-19-17-15-13-11-9-7-2/h14,16,20,22,42-44H,6-13,15,17-19,21,23-41H2,1-5H3/q+1/b16-14-,22-20-. The second-order valence-electron chi connectivity index (χ2n) is 16.9. The second-order valence-corrected chi connectivity index (χ2v) is 16.9. The largest absolute Gasteiger partial charge is 0.344 e. The summed E-state index contributed by atoms with van der Waals surface area (Å²) in [4.78, 5) is 0. The van der Waals surface area contributed by atoms with Gasteiger partial charge in [-0.25, -0.2) is 0 Å². The van der Waals surface area contributed by atoms with E-state index >= 15 is 0 Å². The molecule has 3 heteroatoms. The Morgan fingerprint density at radius 3 is 1.19 bits per heavy atom. The summed E-state index contributed by atoms with van der Waals surface area (Å²) in [5.74, 6) is -0.295. The lowest BCUT2D eigenvalue weighted by atomic mass is 9.98. The summed E-state index contributed by atoms with van der Waals surface area (Å²) in [6, 6.07) is 0.662. The van der Waals surface area contributed by atoms with Crippen molar-refractivity contribution in [1.82, 2.24) is 0 Å². The highest BCUT2D eigenvalue weighted by atomic mass is 16.8. The van der Waals surface area contributed by atoms with Crippen LogP contribution in [0, 0.1) is 0 Å². The third-order valence-corrected chi connectivity index (χ3v) is 11.4. The monoisotopic (exact) mass is 673 g/mol. The normalized spacial score (nSPS) is 22.9. The molecule has 2 fully saturated rings. The maximum Gasteiger partial charge on any atom is 0.169 e. The molecule has 1 aliphatic heterocycles. The molecule has 1 heterocycles. The van der Waals surface area contributed by atoms with Gasteiger partial charge in [-0.05, 0) is 44.9 Å². The third-order valence-electron chi connectivity index (χ3n) is 11.4. The number of quaternary nitrogens is 1. The van der Waals surface area contributed by atoms with Crippen LogP contribution in [0.15, 0.2) is 24.3 Å². The van der Waals surface area contributed by atoms with Crippen LogP contribution < -0.4 is 0 Å². The van der Waals surface area contributed by atoms with Crippen LogP contribution in [0.5, 0.6) is 0 Å². The fraction of sp³-hybridized carbons (Fsp3) is 0.911. The maximum absolute atomic E-state index is 6.90. The minimum atomic E-state index is -0.295. The first-order valence-corrected chi connectivity index (χ1v) is 21.9. The van der Waals surface area contributed by atoms with Gasteiger partial charge >= 0.3 is 0 Å². The van der Waals surface area contributed by atoms with E-state index in [4.69, 9.17) is 9.47 Å². The molecule has 0 radical (unpaired) electrons. The minimum absolute atomic E-state index is 0.295. The molecule has 1 saturated heterocycles. The van der Waals surface area contributed by atoms with Gasteiger partial charge in [0.1, 0.15) is 0 Å². The van der Waals surface area contributed by atoms with Gasteiger partial charge in [0.2, 0.25) is 0 Å². The molecule has 0 aromatic carbocycles. The first-order valence-electron chi connectivity index (χ1n) is 21.9. The Labute approximate surface area is 302 Å². The van der Waals surface area contributed by atoms with Crippen LogP contribution >= 0.6 is 0 Å². The van der Waals surface area contributed by atoms with Crippen molar-refractivity contribution < 1.29 is 14.0 Å². The van der Waals surface area contributed by atoms with Crippen molar-refractivity contribution in [2.75, 3.05) is 21.1 Å². The van der Waals surface area contributed by atoms with Crippen LogP contribution in [0.1, 0.15) is 219 Å². The second kappa shape index (κ2) is 28.0. The summed E-state index contributed by atoms with van der Waals surface area (Å²) >= 11 is 0. The van der Waals surface area contributed by atoms with Crippen LogP contribution in [0.25, 0.3) is 0 Å². The molecule has 0 spiro atoms. The molecule has 0 N–H and O–H groups in total. The molecule has 0 aromatic heterocycles. The van der Waals surface area contributed by atoms with Gasteiger partial charge < -0.3 is 14.0 Å². The predicted molar refractivity (Wildman–Crippen MR) is 212 cm³/mol. The van der Waals surface area contributed by atoms with Crippen LogP contribution in [0.3, 0.4) is 0 Å². The molecular formula is C45H86NO2+. The van der Waals surface area contributed by atoms with Crippen molar-refractivity contribution >= 4 is 0 Å². The Morgan fingerprint density at radius 1 is 0.458 bits per heavy atom. The van der Waals surface area contributed by atoms with Crippen LogP contribution in [0.4, 0.5) is 0 Å². The molecule has 2 rings (SSSR count).